The van der Waals surface area contributed by atoms with Crippen molar-refractivity contribution in [3.63, 3.8) is 0 Å². The molecule has 6 heteroatoms. The maximum atomic E-state index is 12.2. The van der Waals surface area contributed by atoms with Crippen LogP contribution in [0, 0.1) is 0 Å². The highest BCUT2D eigenvalue weighted by Crippen LogP contribution is 2.32. The highest BCUT2D eigenvalue weighted by molar-refractivity contribution is 6.37. The molecule has 2 rings (SSSR count). The fraction of sp³-hybridized carbons (Fsp3) is 0.154. The lowest BCUT2D eigenvalue weighted by Gasteiger charge is -2.08. The van der Waals surface area contributed by atoms with Gasteiger partial charge in [-0.05, 0) is 36.7 Å². The van der Waals surface area contributed by atoms with Gasteiger partial charge in [0.2, 0.25) is 5.78 Å². The summed E-state index contributed by atoms with van der Waals surface area (Å²) in [4.78, 5) is 12.2. The summed E-state index contributed by atoms with van der Waals surface area (Å²) >= 11 is 17.7. The average Bonchev–Trinajstić information content (AvgIpc) is 2.79. The highest BCUT2D eigenvalue weighted by Gasteiger charge is 2.19. The summed E-state index contributed by atoms with van der Waals surface area (Å²) in [6.45, 7) is 2.28. The quantitative estimate of drug-likeness (QED) is 0.755. The van der Waals surface area contributed by atoms with E-state index in [9.17, 15) is 4.79 Å². The summed E-state index contributed by atoms with van der Waals surface area (Å²) in [5, 5.41) is 0.689. The smallest absolute Gasteiger partial charge is 0.229 e. The van der Waals surface area contributed by atoms with Gasteiger partial charge in [0.25, 0.3) is 0 Å². The molecule has 1 heterocycles. The molecule has 19 heavy (non-hydrogen) atoms. The van der Waals surface area contributed by atoms with E-state index in [1.807, 2.05) is 6.92 Å². The van der Waals surface area contributed by atoms with Crippen molar-refractivity contribution < 1.29 is 13.9 Å². The Morgan fingerprint density at radius 2 is 1.95 bits per heavy atom. The molecule has 0 radical (unpaired) electrons. The van der Waals surface area contributed by atoms with E-state index < -0.39 is 0 Å². The first kappa shape index (κ1) is 14.3. The summed E-state index contributed by atoms with van der Waals surface area (Å²) in [5.41, 5.74) is 0.237. The number of ketones is 1. The molecule has 3 nitrogen and oxygen atoms in total. The van der Waals surface area contributed by atoms with E-state index in [1.165, 1.54) is 24.3 Å². The minimum Gasteiger partial charge on any atom is -0.492 e. The van der Waals surface area contributed by atoms with Gasteiger partial charge in [0.05, 0.1) is 16.7 Å². The zero-order chi connectivity index (χ0) is 14.0. The van der Waals surface area contributed by atoms with Gasteiger partial charge >= 0.3 is 0 Å². The molecule has 0 aliphatic rings. The molecule has 100 valence electrons. The van der Waals surface area contributed by atoms with Gasteiger partial charge in [-0.1, -0.05) is 23.2 Å². The monoisotopic (exact) mass is 318 g/mol. The van der Waals surface area contributed by atoms with Crippen LogP contribution in [0.4, 0.5) is 0 Å². The van der Waals surface area contributed by atoms with Gasteiger partial charge in [0.1, 0.15) is 5.75 Å². The number of carbonyl (C=O) groups is 1. The van der Waals surface area contributed by atoms with Gasteiger partial charge in [-0.3, -0.25) is 4.79 Å². The Hall–Kier alpha value is -1.16. The minimum absolute atomic E-state index is 0.104. The van der Waals surface area contributed by atoms with Gasteiger partial charge in [0.15, 0.2) is 11.0 Å². The average molecular weight is 320 g/mol. The van der Waals surface area contributed by atoms with Crippen LogP contribution in [0.15, 0.2) is 28.7 Å². The van der Waals surface area contributed by atoms with Gasteiger partial charge in [-0.2, -0.15) is 0 Å². The zero-order valence-corrected chi connectivity index (χ0v) is 12.1. The number of hydrogen-bond donors (Lipinski definition) is 0. The second kappa shape index (κ2) is 5.87. The van der Waals surface area contributed by atoms with Gasteiger partial charge in [-0.15, -0.1) is 0 Å². The molecule has 0 unspecified atom stereocenters. The molecule has 2 aromatic rings. The number of benzene rings is 1. The van der Waals surface area contributed by atoms with Crippen LogP contribution in [0.2, 0.25) is 15.3 Å². The van der Waals surface area contributed by atoms with Crippen LogP contribution in [0.1, 0.15) is 23.0 Å². The van der Waals surface area contributed by atoms with E-state index >= 15 is 0 Å². The number of ether oxygens (including phenoxy) is 1. The Morgan fingerprint density at radius 3 is 2.53 bits per heavy atom. The van der Waals surface area contributed by atoms with E-state index in [0.29, 0.717) is 17.4 Å². The van der Waals surface area contributed by atoms with E-state index in [-0.39, 0.29) is 27.3 Å². The number of carbonyl (C=O) groups excluding carboxylic acids is 1. The van der Waals surface area contributed by atoms with E-state index in [4.69, 9.17) is 44.0 Å². The van der Waals surface area contributed by atoms with Crippen LogP contribution < -0.4 is 4.74 Å². The first-order valence-electron chi connectivity index (χ1n) is 5.44. The lowest BCUT2D eigenvalue weighted by atomic mass is 10.1. The summed E-state index contributed by atoms with van der Waals surface area (Å²) in [6, 6.07) is 5.92. The predicted molar refractivity (Wildman–Crippen MR) is 74.8 cm³/mol. The molecule has 0 aliphatic carbocycles. The fourth-order valence-electron chi connectivity index (χ4n) is 1.54. The molecule has 0 N–H and O–H groups in total. The first-order valence-corrected chi connectivity index (χ1v) is 6.58. The van der Waals surface area contributed by atoms with Crippen LogP contribution in [0.3, 0.4) is 0 Å². The molecule has 0 saturated carbocycles. The lowest BCUT2D eigenvalue weighted by molar-refractivity contribution is 0.101. The molecule has 0 fully saturated rings. The molecular weight excluding hydrogens is 310 g/mol. The topological polar surface area (TPSA) is 39.4 Å². The van der Waals surface area contributed by atoms with Crippen LogP contribution >= 0.6 is 34.8 Å². The lowest BCUT2D eigenvalue weighted by Crippen LogP contribution is -2.02. The van der Waals surface area contributed by atoms with Crippen molar-refractivity contribution in [1.29, 1.82) is 0 Å². The third-order valence-corrected chi connectivity index (χ3v) is 3.17. The largest absolute Gasteiger partial charge is 0.492 e. The SMILES string of the molecule is CCOc1cc(Cl)c(C(=O)c2ccc(Cl)o2)cc1Cl. The molecule has 0 amide bonds. The maximum absolute atomic E-state index is 12.2. The molecule has 1 aromatic heterocycles. The van der Waals surface area contributed by atoms with Gasteiger partial charge < -0.3 is 9.15 Å². The Bertz CT molecular complexity index is 620. The van der Waals surface area contributed by atoms with Crippen LogP contribution in [-0.2, 0) is 0 Å². The normalized spacial score (nSPS) is 10.5. The number of halogens is 3. The molecule has 0 saturated heterocycles. The van der Waals surface area contributed by atoms with Crippen molar-refractivity contribution in [2.75, 3.05) is 6.61 Å². The van der Waals surface area contributed by atoms with E-state index in [0.717, 1.165) is 0 Å². The van der Waals surface area contributed by atoms with E-state index in [2.05, 4.69) is 0 Å². The Morgan fingerprint density at radius 1 is 1.21 bits per heavy atom. The second-order valence-electron chi connectivity index (χ2n) is 3.63. The van der Waals surface area contributed by atoms with Crippen LogP contribution in [0.5, 0.6) is 5.75 Å². The molecule has 0 bridgehead atoms. The summed E-state index contributed by atoms with van der Waals surface area (Å²) in [5.74, 6) is 0.150. The van der Waals surface area contributed by atoms with Crippen molar-refractivity contribution in [1.82, 2.24) is 0 Å². The predicted octanol–water partition coefficient (Wildman–Crippen LogP) is 4.87. The molecular formula is C13H9Cl3O3. The second-order valence-corrected chi connectivity index (χ2v) is 4.82. The third kappa shape index (κ3) is 3.06. The Kier molecular flexibility index (Phi) is 4.40. The summed E-state index contributed by atoms with van der Waals surface area (Å²) < 4.78 is 10.3. The molecule has 0 aliphatic heterocycles. The van der Waals surface area contributed by atoms with Crippen molar-refractivity contribution in [2.24, 2.45) is 0 Å². The zero-order valence-electron chi connectivity index (χ0n) is 9.88. The van der Waals surface area contributed by atoms with Crippen LogP contribution in [0.25, 0.3) is 0 Å². The third-order valence-electron chi connectivity index (χ3n) is 2.36. The Balaban J connectivity index is 2.40. The highest BCUT2D eigenvalue weighted by atomic mass is 35.5. The minimum atomic E-state index is -0.387. The maximum Gasteiger partial charge on any atom is 0.229 e. The van der Waals surface area contributed by atoms with Gasteiger partial charge in [0, 0.05) is 11.6 Å². The number of hydrogen-bond acceptors (Lipinski definition) is 3. The first-order chi connectivity index (χ1) is 9.02. The molecule has 0 atom stereocenters. The number of rotatable bonds is 4. The fourth-order valence-corrected chi connectivity index (χ4v) is 2.14. The van der Waals surface area contributed by atoms with E-state index in [1.54, 1.807) is 0 Å². The van der Waals surface area contributed by atoms with Crippen molar-refractivity contribution in [3.05, 3.63) is 50.9 Å². The Labute approximate surface area is 125 Å². The summed E-state index contributed by atoms with van der Waals surface area (Å²) in [6.07, 6.45) is 0. The van der Waals surface area contributed by atoms with Crippen molar-refractivity contribution in [3.8, 4) is 5.75 Å². The van der Waals surface area contributed by atoms with Crippen LogP contribution in [-0.4, -0.2) is 12.4 Å². The standard InChI is InChI=1S/C13H9Cl3O3/c1-2-18-11-6-8(14)7(5-9(11)15)13(17)10-3-4-12(16)19-10/h3-6H,2H2,1H3. The molecule has 1 aromatic carbocycles. The summed E-state index contributed by atoms with van der Waals surface area (Å²) in [7, 11) is 0. The molecule has 0 spiro atoms. The van der Waals surface area contributed by atoms with Crippen molar-refractivity contribution >= 4 is 40.6 Å². The number of furan rings is 1. The van der Waals surface area contributed by atoms with Gasteiger partial charge in [-0.25, -0.2) is 0 Å². The van der Waals surface area contributed by atoms with Crippen molar-refractivity contribution in [2.45, 2.75) is 6.92 Å².